The van der Waals surface area contributed by atoms with Gasteiger partial charge in [-0.3, -0.25) is 10.1 Å². The summed E-state index contributed by atoms with van der Waals surface area (Å²) >= 11 is 0. The largest absolute Gasteiger partial charge is 0.464 e. The Labute approximate surface area is 114 Å². The maximum atomic E-state index is 11.5. The van der Waals surface area contributed by atoms with Gasteiger partial charge in [0.2, 0.25) is 5.91 Å². The molecule has 0 spiro atoms. The molecule has 0 aromatic carbocycles. The molecule has 0 aliphatic rings. The number of methoxy groups -OCH3 is 2. The summed E-state index contributed by atoms with van der Waals surface area (Å²) in [5.41, 5.74) is 5.20. The van der Waals surface area contributed by atoms with Crippen LogP contribution in [0.25, 0.3) is 0 Å². The lowest BCUT2D eigenvalue weighted by Crippen LogP contribution is -2.37. The molecule has 10 nitrogen and oxygen atoms in total. The number of rotatable bonds is 6. The molecule has 0 atom stereocenters. The number of hydrogen-bond acceptors (Lipinski definition) is 7. The van der Waals surface area contributed by atoms with Crippen LogP contribution in [0.4, 0.5) is 4.79 Å². The lowest BCUT2D eigenvalue weighted by Gasteiger charge is -2.06. The third-order valence-corrected chi connectivity index (χ3v) is 2.32. The maximum absolute atomic E-state index is 11.5. The Morgan fingerprint density at radius 2 is 2.05 bits per heavy atom. The van der Waals surface area contributed by atoms with E-state index in [4.69, 9.17) is 10.5 Å². The number of esters is 1. The van der Waals surface area contributed by atoms with Gasteiger partial charge in [-0.2, -0.15) is 0 Å². The van der Waals surface area contributed by atoms with E-state index in [1.165, 1.54) is 18.9 Å². The predicted molar refractivity (Wildman–Crippen MR) is 64.7 cm³/mol. The molecule has 0 fully saturated rings. The first kappa shape index (κ1) is 15.6. The quantitative estimate of drug-likeness (QED) is 0.603. The van der Waals surface area contributed by atoms with Crippen molar-refractivity contribution < 1.29 is 23.9 Å². The third-order valence-electron chi connectivity index (χ3n) is 2.32. The maximum Gasteiger partial charge on any atom is 0.360 e. The normalized spacial score (nSPS) is 10.1. The zero-order valence-corrected chi connectivity index (χ0v) is 11.1. The highest BCUT2D eigenvalue weighted by molar-refractivity contribution is 5.93. The molecule has 1 rings (SSSR count). The van der Waals surface area contributed by atoms with Gasteiger partial charge in [0.25, 0.3) is 0 Å². The average molecular weight is 285 g/mol. The highest BCUT2D eigenvalue weighted by Crippen LogP contribution is 2.08. The number of nitrogens with one attached hydrogen (secondary N) is 1. The van der Waals surface area contributed by atoms with Gasteiger partial charge >= 0.3 is 12.0 Å². The van der Waals surface area contributed by atoms with Crippen LogP contribution in [0, 0.1) is 0 Å². The second-order valence-electron chi connectivity index (χ2n) is 3.69. The summed E-state index contributed by atoms with van der Waals surface area (Å²) in [6.07, 6.45) is 0.303. The highest BCUT2D eigenvalue weighted by Gasteiger charge is 2.21. The molecule has 10 heteroatoms. The zero-order chi connectivity index (χ0) is 15.1. The Morgan fingerprint density at radius 3 is 2.60 bits per heavy atom. The molecule has 0 aliphatic heterocycles. The topological polar surface area (TPSA) is 138 Å². The SMILES string of the molecule is COCCc1c(C(=O)OC)nnn1CC(=O)NC(N)=O. The number of primary amides is 1. The van der Waals surface area contributed by atoms with Gasteiger partial charge in [0.15, 0.2) is 5.69 Å². The minimum absolute atomic E-state index is 0.00331. The number of aromatic nitrogens is 3. The monoisotopic (exact) mass is 285 g/mol. The van der Waals surface area contributed by atoms with Crippen molar-refractivity contribution in [1.29, 1.82) is 0 Å². The van der Waals surface area contributed by atoms with Crippen molar-refractivity contribution in [2.24, 2.45) is 5.73 Å². The van der Waals surface area contributed by atoms with Crippen LogP contribution >= 0.6 is 0 Å². The first-order valence-electron chi connectivity index (χ1n) is 5.58. The Balaban J connectivity index is 2.94. The number of imide groups is 1. The van der Waals surface area contributed by atoms with Crippen molar-refractivity contribution in [2.75, 3.05) is 20.8 Å². The fourth-order valence-electron chi connectivity index (χ4n) is 1.47. The molecule has 20 heavy (non-hydrogen) atoms. The van der Waals surface area contributed by atoms with E-state index in [1.54, 1.807) is 0 Å². The summed E-state index contributed by atoms with van der Waals surface area (Å²) in [5.74, 6) is -1.34. The van der Waals surface area contributed by atoms with E-state index >= 15 is 0 Å². The molecule has 1 heterocycles. The number of nitrogens with zero attached hydrogens (tertiary/aromatic N) is 3. The van der Waals surface area contributed by atoms with Crippen LogP contribution in [0.2, 0.25) is 0 Å². The fraction of sp³-hybridized carbons (Fsp3) is 0.500. The van der Waals surface area contributed by atoms with Crippen molar-refractivity contribution in [3.63, 3.8) is 0 Å². The molecular formula is C10H15N5O5. The van der Waals surface area contributed by atoms with E-state index in [0.717, 1.165) is 0 Å². The number of carbonyl (C=O) groups is 3. The average Bonchev–Trinajstić information content (AvgIpc) is 2.77. The van der Waals surface area contributed by atoms with Gasteiger partial charge < -0.3 is 15.2 Å². The molecule has 0 radical (unpaired) electrons. The van der Waals surface area contributed by atoms with Crippen molar-refractivity contribution in [1.82, 2.24) is 20.3 Å². The molecule has 1 aromatic rings. The summed E-state index contributed by atoms with van der Waals surface area (Å²) in [5, 5.41) is 9.23. The smallest absolute Gasteiger partial charge is 0.360 e. The Morgan fingerprint density at radius 1 is 1.35 bits per heavy atom. The van der Waals surface area contributed by atoms with Crippen molar-refractivity contribution in [3.8, 4) is 0 Å². The lowest BCUT2D eigenvalue weighted by atomic mass is 10.2. The van der Waals surface area contributed by atoms with Crippen LogP contribution in [0.15, 0.2) is 0 Å². The van der Waals surface area contributed by atoms with Crippen LogP contribution in [-0.2, 0) is 27.2 Å². The van der Waals surface area contributed by atoms with Gasteiger partial charge in [-0.1, -0.05) is 5.21 Å². The molecule has 110 valence electrons. The number of carbonyl (C=O) groups excluding carboxylic acids is 3. The van der Waals surface area contributed by atoms with E-state index in [0.29, 0.717) is 18.7 Å². The molecule has 0 bridgehead atoms. The molecule has 0 saturated carbocycles. The summed E-state index contributed by atoms with van der Waals surface area (Å²) in [7, 11) is 2.70. The zero-order valence-electron chi connectivity index (χ0n) is 11.1. The first-order valence-corrected chi connectivity index (χ1v) is 5.58. The fourth-order valence-corrected chi connectivity index (χ4v) is 1.47. The van der Waals surface area contributed by atoms with Gasteiger partial charge in [-0.25, -0.2) is 14.3 Å². The standard InChI is InChI=1S/C10H15N5O5/c1-19-4-3-6-8(9(17)20-2)13-14-15(6)5-7(16)12-10(11)18/h3-5H2,1-2H3,(H3,11,12,16,18). The Hall–Kier alpha value is -2.49. The van der Waals surface area contributed by atoms with Crippen LogP contribution in [-0.4, -0.2) is 53.7 Å². The van der Waals surface area contributed by atoms with E-state index < -0.39 is 17.9 Å². The molecule has 0 aliphatic carbocycles. The number of amides is 3. The van der Waals surface area contributed by atoms with Crippen LogP contribution in [0.1, 0.15) is 16.2 Å². The lowest BCUT2D eigenvalue weighted by molar-refractivity contribution is -0.120. The van der Waals surface area contributed by atoms with E-state index in [1.807, 2.05) is 5.32 Å². The van der Waals surface area contributed by atoms with E-state index in [9.17, 15) is 14.4 Å². The molecule has 0 saturated heterocycles. The van der Waals surface area contributed by atoms with Crippen molar-refractivity contribution >= 4 is 17.9 Å². The number of urea groups is 1. The van der Waals surface area contributed by atoms with Gasteiger partial charge in [-0.15, -0.1) is 5.10 Å². The second-order valence-corrected chi connectivity index (χ2v) is 3.69. The number of hydrogen-bond donors (Lipinski definition) is 2. The summed E-state index contributed by atoms with van der Waals surface area (Å²) in [4.78, 5) is 33.5. The van der Waals surface area contributed by atoms with E-state index in [-0.39, 0.29) is 12.2 Å². The molecule has 0 unspecified atom stereocenters. The van der Waals surface area contributed by atoms with Crippen LogP contribution in [0.5, 0.6) is 0 Å². The third kappa shape index (κ3) is 4.02. The minimum atomic E-state index is -0.971. The summed E-state index contributed by atoms with van der Waals surface area (Å²) in [6.45, 7) is 0.000782. The number of ether oxygens (including phenoxy) is 2. The Bertz CT molecular complexity index is 512. The second kappa shape index (κ2) is 7.19. The minimum Gasteiger partial charge on any atom is -0.464 e. The van der Waals surface area contributed by atoms with Gasteiger partial charge in [0, 0.05) is 13.5 Å². The van der Waals surface area contributed by atoms with Crippen LogP contribution in [0.3, 0.4) is 0 Å². The number of nitrogens with two attached hydrogens (primary N) is 1. The first-order chi connectivity index (χ1) is 9.49. The van der Waals surface area contributed by atoms with E-state index in [2.05, 4.69) is 15.0 Å². The van der Waals surface area contributed by atoms with Gasteiger partial charge in [0.1, 0.15) is 6.54 Å². The predicted octanol–water partition coefficient (Wildman–Crippen LogP) is -1.55. The van der Waals surface area contributed by atoms with Crippen LogP contribution < -0.4 is 11.1 Å². The Kier molecular flexibility index (Phi) is 5.59. The molecule has 1 aromatic heterocycles. The van der Waals surface area contributed by atoms with Crippen molar-refractivity contribution in [2.45, 2.75) is 13.0 Å². The summed E-state index contributed by atoms with van der Waals surface area (Å²) < 4.78 is 10.7. The van der Waals surface area contributed by atoms with Gasteiger partial charge in [0.05, 0.1) is 19.4 Å². The van der Waals surface area contributed by atoms with Crippen molar-refractivity contribution in [3.05, 3.63) is 11.4 Å². The van der Waals surface area contributed by atoms with Gasteiger partial charge in [-0.05, 0) is 0 Å². The molecule has 3 N–H and O–H groups in total. The summed E-state index contributed by atoms with van der Waals surface area (Å²) in [6, 6.07) is -0.971. The molecular weight excluding hydrogens is 270 g/mol. The highest BCUT2D eigenvalue weighted by atomic mass is 16.5. The molecule has 3 amide bonds.